The second-order valence-corrected chi connectivity index (χ2v) is 2.46. The highest BCUT2D eigenvalue weighted by Gasteiger charge is 2.20. The monoisotopic (exact) mass is 158 g/mol. The molecule has 0 spiro atoms. The number of hydrogen-bond donors (Lipinski definition) is 0. The number of esters is 1. The molecule has 0 saturated carbocycles. The van der Waals surface area contributed by atoms with Gasteiger partial charge in [0.2, 0.25) is 0 Å². The first-order chi connectivity index (χ1) is 5.13. The molecule has 1 unspecified atom stereocenters. The number of ether oxygens (including phenoxy) is 1. The highest BCUT2D eigenvalue weighted by molar-refractivity contribution is 5.98. The van der Waals surface area contributed by atoms with E-state index in [0.717, 1.165) is 6.42 Å². The molecule has 0 rings (SSSR count). The summed E-state index contributed by atoms with van der Waals surface area (Å²) < 4.78 is 4.42. The predicted molar refractivity (Wildman–Crippen MR) is 41.1 cm³/mol. The normalized spacial score (nSPS) is 12.3. The third kappa shape index (κ3) is 3.16. The van der Waals surface area contributed by atoms with Crippen molar-refractivity contribution < 1.29 is 14.3 Å². The van der Waals surface area contributed by atoms with Crippen LogP contribution in [0.5, 0.6) is 0 Å². The van der Waals surface area contributed by atoms with E-state index in [1.54, 1.807) is 6.92 Å². The number of ketones is 1. The van der Waals surface area contributed by atoms with E-state index in [1.165, 1.54) is 7.11 Å². The van der Waals surface area contributed by atoms with Crippen LogP contribution < -0.4 is 0 Å². The van der Waals surface area contributed by atoms with Crippen LogP contribution in [0.3, 0.4) is 0 Å². The van der Waals surface area contributed by atoms with Crippen LogP contribution in [0.4, 0.5) is 0 Å². The topological polar surface area (TPSA) is 43.4 Å². The summed E-state index contributed by atoms with van der Waals surface area (Å²) in [5.41, 5.74) is 0. The van der Waals surface area contributed by atoms with Crippen LogP contribution in [-0.4, -0.2) is 18.9 Å². The third-order valence-electron chi connectivity index (χ3n) is 1.53. The van der Waals surface area contributed by atoms with E-state index in [2.05, 4.69) is 4.74 Å². The van der Waals surface area contributed by atoms with Gasteiger partial charge in [-0.05, 0) is 13.3 Å². The Morgan fingerprint density at radius 3 is 2.36 bits per heavy atom. The third-order valence-corrected chi connectivity index (χ3v) is 1.53. The van der Waals surface area contributed by atoms with E-state index in [0.29, 0.717) is 6.42 Å². The zero-order valence-corrected chi connectivity index (χ0v) is 7.22. The Kier molecular flexibility index (Phi) is 4.50. The summed E-state index contributed by atoms with van der Waals surface area (Å²) in [6.45, 7) is 3.48. The molecule has 3 nitrogen and oxygen atoms in total. The molecule has 0 saturated heterocycles. The Labute approximate surface area is 66.7 Å². The zero-order valence-electron chi connectivity index (χ0n) is 7.22. The number of rotatable bonds is 4. The van der Waals surface area contributed by atoms with Gasteiger partial charge in [-0.3, -0.25) is 9.59 Å². The summed E-state index contributed by atoms with van der Waals surface area (Å²) in [6.07, 6.45) is 1.23. The molecule has 0 N–H and O–H groups in total. The lowest BCUT2D eigenvalue weighted by Crippen LogP contribution is -2.21. The van der Waals surface area contributed by atoms with Crippen LogP contribution in [-0.2, 0) is 14.3 Å². The van der Waals surface area contributed by atoms with E-state index >= 15 is 0 Å². The second-order valence-electron chi connectivity index (χ2n) is 2.46. The minimum Gasteiger partial charge on any atom is -0.468 e. The number of carbonyl (C=O) groups excluding carboxylic acids is 2. The van der Waals surface area contributed by atoms with E-state index in [-0.39, 0.29) is 5.78 Å². The molecule has 0 aliphatic carbocycles. The lowest BCUT2D eigenvalue weighted by atomic mass is 10.0. The minimum atomic E-state index is -0.597. The summed E-state index contributed by atoms with van der Waals surface area (Å²) in [7, 11) is 1.29. The molecule has 0 aromatic carbocycles. The Hall–Kier alpha value is -0.860. The van der Waals surface area contributed by atoms with Gasteiger partial charge in [0.1, 0.15) is 11.7 Å². The van der Waals surface area contributed by atoms with Crippen LogP contribution >= 0.6 is 0 Å². The molecule has 0 aromatic heterocycles. The SMILES string of the molecule is CCCC(=O)C(C)C(=O)OC. The number of carbonyl (C=O) groups is 2. The minimum absolute atomic E-state index is 0.0423. The van der Waals surface area contributed by atoms with Gasteiger partial charge in [0, 0.05) is 6.42 Å². The molecular formula is C8H14O3. The molecule has 3 heteroatoms. The first-order valence-electron chi connectivity index (χ1n) is 3.74. The summed E-state index contributed by atoms with van der Waals surface area (Å²) in [5, 5.41) is 0. The largest absolute Gasteiger partial charge is 0.468 e. The molecule has 64 valence electrons. The fourth-order valence-corrected chi connectivity index (χ4v) is 0.771. The van der Waals surface area contributed by atoms with Gasteiger partial charge < -0.3 is 4.74 Å². The van der Waals surface area contributed by atoms with Crippen LogP contribution in [0, 0.1) is 5.92 Å². The lowest BCUT2D eigenvalue weighted by molar-refractivity contribution is -0.148. The summed E-state index contributed by atoms with van der Waals surface area (Å²) in [4.78, 5) is 21.8. The van der Waals surface area contributed by atoms with Crippen molar-refractivity contribution in [2.24, 2.45) is 5.92 Å². The molecule has 0 aromatic rings. The van der Waals surface area contributed by atoms with Crippen LogP contribution in [0.25, 0.3) is 0 Å². The maximum absolute atomic E-state index is 11.0. The Morgan fingerprint density at radius 1 is 1.45 bits per heavy atom. The van der Waals surface area contributed by atoms with Crippen LogP contribution in [0.15, 0.2) is 0 Å². The molecular weight excluding hydrogens is 144 g/mol. The summed E-state index contributed by atoms with van der Waals surface area (Å²) >= 11 is 0. The quantitative estimate of drug-likeness (QED) is 0.455. The Bertz CT molecular complexity index is 151. The Balaban J connectivity index is 3.91. The fourth-order valence-electron chi connectivity index (χ4n) is 0.771. The fraction of sp³-hybridized carbons (Fsp3) is 0.750. The molecule has 0 radical (unpaired) electrons. The van der Waals surface area contributed by atoms with Crippen molar-refractivity contribution in [2.45, 2.75) is 26.7 Å². The van der Waals surface area contributed by atoms with E-state index in [9.17, 15) is 9.59 Å². The smallest absolute Gasteiger partial charge is 0.315 e. The Morgan fingerprint density at radius 2 is 2.00 bits per heavy atom. The lowest BCUT2D eigenvalue weighted by Gasteiger charge is -2.05. The van der Waals surface area contributed by atoms with E-state index in [1.807, 2.05) is 6.92 Å². The van der Waals surface area contributed by atoms with Gasteiger partial charge in [-0.15, -0.1) is 0 Å². The van der Waals surface area contributed by atoms with Crippen molar-refractivity contribution in [3.05, 3.63) is 0 Å². The van der Waals surface area contributed by atoms with Crippen LogP contribution in [0.2, 0.25) is 0 Å². The molecule has 0 amide bonds. The van der Waals surface area contributed by atoms with Crippen molar-refractivity contribution >= 4 is 11.8 Å². The van der Waals surface area contributed by atoms with Crippen molar-refractivity contribution in [1.82, 2.24) is 0 Å². The van der Waals surface area contributed by atoms with Crippen LogP contribution in [0.1, 0.15) is 26.7 Å². The zero-order chi connectivity index (χ0) is 8.85. The second kappa shape index (κ2) is 4.88. The molecule has 0 heterocycles. The summed E-state index contributed by atoms with van der Waals surface area (Å²) in [5.74, 6) is -1.08. The van der Waals surface area contributed by atoms with Gasteiger partial charge in [0.15, 0.2) is 0 Å². The van der Waals surface area contributed by atoms with E-state index < -0.39 is 11.9 Å². The average Bonchev–Trinajstić information content (AvgIpc) is 2.02. The van der Waals surface area contributed by atoms with Crippen molar-refractivity contribution in [3.63, 3.8) is 0 Å². The standard InChI is InChI=1S/C8H14O3/c1-4-5-7(9)6(2)8(10)11-3/h6H,4-5H2,1-3H3. The van der Waals surface area contributed by atoms with Gasteiger partial charge in [0.05, 0.1) is 7.11 Å². The first-order valence-corrected chi connectivity index (χ1v) is 3.74. The summed E-state index contributed by atoms with van der Waals surface area (Å²) in [6, 6.07) is 0. The molecule has 0 fully saturated rings. The van der Waals surface area contributed by atoms with Gasteiger partial charge >= 0.3 is 5.97 Å². The molecule has 11 heavy (non-hydrogen) atoms. The van der Waals surface area contributed by atoms with Gasteiger partial charge in [0.25, 0.3) is 0 Å². The van der Waals surface area contributed by atoms with Crippen molar-refractivity contribution in [2.75, 3.05) is 7.11 Å². The highest BCUT2D eigenvalue weighted by Crippen LogP contribution is 2.04. The van der Waals surface area contributed by atoms with E-state index in [4.69, 9.17) is 0 Å². The maximum Gasteiger partial charge on any atom is 0.315 e. The van der Waals surface area contributed by atoms with Crippen molar-refractivity contribution in [3.8, 4) is 0 Å². The molecule has 1 atom stereocenters. The predicted octanol–water partition coefficient (Wildman–Crippen LogP) is 1.16. The maximum atomic E-state index is 11.0. The van der Waals surface area contributed by atoms with Gasteiger partial charge in [-0.1, -0.05) is 6.92 Å². The van der Waals surface area contributed by atoms with Gasteiger partial charge in [-0.2, -0.15) is 0 Å². The number of Topliss-reactive ketones (excluding diaryl/α,β-unsaturated/α-hetero) is 1. The van der Waals surface area contributed by atoms with Gasteiger partial charge in [-0.25, -0.2) is 0 Å². The highest BCUT2D eigenvalue weighted by atomic mass is 16.5. The average molecular weight is 158 g/mol. The number of methoxy groups -OCH3 is 1. The molecule has 0 bridgehead atoms. The number of hydrogen-bond acceptors (Lipinski definition) is 3. The first kappa shape index (κ1) is 10.1. The molecule has 0 aliphatic rings. The van der Waals surface area contributed by atoms with Crippen molar-refractivity contribution in [1.29, 1.82) is 0 Å². The molecule has 0 aliphatic heterocycles.